The first-order valence-electron chi connectivity index (χ1n) is 13.6. The van der Waals surface area contributed by atoms with E-state index < -0.39 is 57.9 Å². The van der Waals surface area contributed by atoms with Crippen LogP contribution < -0.4 is 15.8 Å². The maximum atomic E-state index is 13.9. The Bertz CT molecular complexity index is 1560. The van der Waals surface area contributed by atoms with Crippen LogP contribution in [0.1, 0.15) is 43.9 Å². The molecule has 1 fully saturated rings. The number of nitrogens with two attached hydrogens (primary N) is 1. The summed E-state index contributed by atoms with van der Waals surface area (Å²) in [5.74, 6) is -7.04. The molecule has 1 saturated carbocycles. The van der Waals surface area contributed by atoms with Crippen LogP contribution >= 0.6 is 0 Å². The Morgan fingerprint density at radius 3 is 2.49 bits per heavy atom. The van der Waals surface area contributed by atoms with E-state index in [4.69, 9.17) is 10.5 Å². The Morgan fingerprint density at radius 1 is 1.15 bits per heavy atom. The predicted molar refractivity (Wildman–Crippen MR) is 150 cm³/mol. The van der Waals surface area contributed by atoms with Crippen LogP contribution in [-0.4, -0.2) is 56.7 Å². The largest absolute Gasteiger partial charge is 0.508 e. The number of aliphatic hydroxyl groups is 3. The zero-order valence-corrected chi connectivity index (χ0v) is 23.3. The molecular formula is C31H34N2O8. The first-order valence-corrected chi connectivity index (χ1v) is 13.6. The Balaban J connectivity index is 1.69. The number of hydrogen-bond acceptors (Lipinski definition) is 9. The van der Waals surface area contributed by atoms with E-state index in [0.717, 1.165) is 11.1 Å². The van der Waals surface area contributed by atoms with Crippen LogP contribution in [0.25, 0.3) is 16.9 Å². The maximum absolute atomic E-state index is 13.9. The number of fused-ring (bicyclic) bond motifs is 3. The predicted octanol–water partition coefficient (Wildman–Crippen LogP) is 2.84. The molecule has 0 unspecified atom stereocenters. The molecule has 0 heterocycles. The molecule has 0 radical (unpaired) electrons. The highest BCUT2D eigenvalue weighted by Crippen LogP contribution is 2.54. The van der Waals surface area contributed by atoms with E-state index in [9.17, 15) is 34.8 Å². The van der Waals surface area contributed by atoms with Crippen molar-refractivity contribution in [2.24, 2.45) is 23.5 Å². The van der Waals surface area contributed by atoms with Crippen molar-refractivity contribution in [3.8, 4) is 22.6 Å². The van der Waals surface area contributed by atoms with Crippen molar-refractivity contribution in [1.82, 2.24) is 5.32 Å². The normalized spacial score (nSPS) is 25.7. The van der Waals surface area contributed by atoms with Gasteiger partial charge in [0.2, 0.25) is 5.78 Å². The first kappa shape index (κ1) is 28.4. The van der Waals surface area contributed by atoms with Crippen LogP contribution in [0.3, 0.4) is 0 Å². The quantitative estimate of drug-likeness (QED) is 0.289. The number of rotatable bonds is 6. The highest BCUT2D eigenvalue weighted by molar-refractivity contribution is 6.23. The summed E-state index contributed by atoms with van der Waals surface area (Å²) in [6.07, 6.45) is 0.247. The fourth-order valence-electron chi connectivity index (χ4n) is 6.59. The van der Waals surface area contributed by atoms with E-state index in [2.05, 4.69) is 5.32 Å². The van der Waals surface area contributed by atoms with Crippen molar-refractivity contribution in [1.29, 1.82) is 0 Å². The van der Waals surface area contributed by atoms with Gasteiger partial charge in [-0.05, 0) is 53.6 Å². The van der Waals surface area contributed by atoms with Gasteiger partial charge in [-0.15, -0.1) is 0 Å². The second-order valence-corrected chi connectivity index (χ2v) is 11.4. The summed E-state index contributed by atoms with van der Waals surface area (Å²) in [5, 5.41) is 48.2. The number of amides is 1. The topological polar surface area (TPSA) is 179 Å². The van der Waals surface area contributed by atoms with Crippen molar-refractivity contribution in [2.75, 3.05) is 7.11 Å². The number of carbonyl (C=O) groups is 3. The summed E-state index contributed by atoms with van der Waals surface area (Å²) in [4.78, 5) is 38.8. The summed E-state index contributed by atoms with van der Waals surface area (Å²) < 4.78 is 5.65. The maximum Gasteiger partial charge on any atom is 0.255 e. The third kappa shape index (κ3) is 4.20. The lowest BCUT2D eigenvalue weighted by molar-refractivity contribution is -0.152. The fraction of sp³-hybridized carbons (Fsp3) is 0.387. The van der Waals surface area contributed by atoms with Gasteiger partial charge in [0, 0.05) is 35.6 Å². The van der Waals surface area contributed by atoms with Crippen LogP contribution in [0.4, 0.5) is 0 Å². The molecule has 2 aromatic carbocycles. The molecule has 10 nitrogen and oxygen atoms in total. The molecule has 0 aromatic heterocycles. The second-order valence-electron chi connectivity index (χ2n) is 11.4. The number of Topliss-reactive ketones (excluding diaryl/α,β-unsaturated/α-hetero) is 2. The summed E-state index contributed by atoms with van der Waals surface area (Å²) in [5.41, 5.74) is 4.72. The number of phenolic OH excluding ortho intramolecular Hbond substituents is 1. The number of nitrogens with one attached hydrogen (secondary N) is 1. The van der Waals surface area contributed by atoms with Crippen molar-refractivity contribution >= 4 is 23.2 Å². The number of primary amides is 1. The zero-order chi connectivity index (χ0) is 30.0. The van der Waals surface area contributed by atoms with Gasteiger partial charge in [-0.1, -0.05) is 32.9 Å². The number of aromatic hydroxyl groups is 1. The average molecular weight is 563 g/mol. The van der Waals surface area contributed by atoms with E-state index in [-0.39, 0.29) is 35.8 Å². The van der Waals surface area contributed by atoms with Crippen LogP contribution in [-0.2, 0) is 27.3 Å². The number of benzene rings is 2. The highest BCUT2D eigenvalue weighted by Gasteiger charge is 2.62. The lowest BCUT2D eigenvalue weighted by atomic mass is 9.56. The van der Waals surface area contributed by atoms with Crippen molar-refractivity contribution in [3.63, 3.8) is 0 Å². The van der Waals surface area contributed by atoms with Gasteiger partial charge in [-0.25, -0.2) is 0 Å². The molecule has 41 heavy (non-hydrogen) atoms. The van der Waals surface area contributed by atoms with Crippen LogP contribution in [0.2, 0.25) is 0 Å². The van der Waals surface area contributed by atoms with E-state index in [1.807, 2.05) is 32.0 Å². The van der Waals surface area contributed by atoms with Gasteiger partial charge in [-0.3, -0.25) is 14.4 Å². The highest BCUT2D eigenvalue weighted by atomic mass is 16.5. The number of phenols is 1. The number of ketones is 2. The Hall–Kier alpha value is -4.15. The molecule has 3 aliphatic carbocycles. The molecule has 4 atom stereocenters. The minimum absolute atomic E-state index is 0.0374. The third-order valence-corrected chi connectivity index (χ3v) is 8.68. The molecule has 1 amide bonds. The Morgan fingerprint density at radius 2 is 1.85 bits per heavy atom. The second kappa shape index (κ2) is 10.0. The molecule has 3 aliphatic rings. The third-order valence-electron chi connectivity index (χ3n) is 8.68. The van der Waals surface area contributed by atoms with Crippen LogP contribution in [0.5, 0.6) is 11.5 Å². The Labute approximate surface area is 237 Å². The number of ether oxygens (including phenoxy) is 1. The van der Waals surface area contributed by atoms with Gasteiger partial charge in [0.15, 0.2) is 11.4 Å². The molecule has 0 spiro atoms. The van der Waals surface area contributed by atoms with Gasteiger partial charge >= 0.3 is 0 Å². The monoisotopic (exact) mass is 562 g/mol. The molecule has 216 valence electrons. The van der Waals surface area contributed by atoms with Crippen molar-refractivity contribution < 1.29 is 39.5 Å². The lowest BCUT2D eigenvalue weighted by Crippen LogP contribution is -2.61. The van der Waals surface area contributed by atoms with Crippen LogP contribution in [0, 0.1) is 17.8 Å². The summed E-state index contributed by atoms with van der Waals surface area (Å²) in [6.45, 7) is 6.18. The van der Waals surface area contributed by atoms with Gasteiger partial charge in [0.1, 0.15) is 28.6 Å². The molecule has 5 rings (SSSR count). The van der Waals surface area contributed by atoms with Gasteiger partial charge in [0.05, 0.1) is 12.7 Å². The first-order chi connectivity index (χ1) is 19.3. The average Bonchev–Trinajstić information content (AvgIpc) is 2.92. The Kier molecular flexibility index (Phi) is 6.95. The van der Waals surface area contributed by atoms with Crippen molar-refractivity contribution in [3.05, 3.63) is 63.9 Å². The molecule has 10 heteroatoms. The SMILES string of the molecule is COc1ccc(CNC(C)C)cc1-c1ccc(O)c2c1C[C@H]1C[C@H]3[C@H](C)C(=O)C(C(N)=O)=C(O)[C@@]3(O)C(=O)C1=C2O. The van der Waals surface area contributed by atoms with Gasteiger partial charge < -0.3 is 36.2 Å². The van der Waals surface area contributed by atoms with Gasteiger partial charge in [0.25, 0.3) is 5.91 Å². The number of aliphatic hydroxyl groups excluding tert-OH is 2. The zero-order valence-electron chi connectivity index (χ0n) is 23.3. The number of methoxy groups -OCH3 is 1. The minimum Gasteiger partial charge on any atom is -0.508 e. The van der Waals surface area contributed by atoms with E-state index in [1.54, 1.807) is 13.2 Å². The van der Waals surface area contributed by atoms with E-state index in [0.29, 0.717) is 23.4 Å². The summed E-state index contributed by atoms with van der Waals surface area (Å²) in [6, 6.07) is 9.18. The van der Waals surface area contributed by atoms with E-state index in [1.165, 1.54) is 13.0 Å². The standard InChI is InChI=1S/C31H34N2O8/c1-13(2)33-12-15-5-8-22(41-4)18(9-15)17-6-7-21(34)24-19(17)10-16-11-20-14(3)26(35)25(30(32)39)29(38)31(20,40)28(37)23(16)27(24)36/h5-9,13-14,16,20,33-34,36,38,40H,10-12H2,1-4H3,(H2,32,39)/t14-,16-,20-,31-/m0/s1. The molecular weight excluding hydrogens is 528 g/mol. The number of carbonyl (C=O) groups excluding carboxylic acids is 3. The lowest BCUT2D eigenvalue weighted by Gasteiger charge is -2.48. The molecule has 7 N–H and O–H groups in total. The summed E-state index contributed by atoms with van der Waals surface area (Å²) >= 11 is 0. The molecule has 0 bridgehead atoms. The molecule has 0 aliphatic heterocycles. The smallest absolute Gasteiger partial charge is 0.255 e. The van der Waals surface area contributed by atoms with Crippen LogP contribution in [0.15, 0.2) is 47.2 Å². The van der Waals surface area contributed by atoms with E-state index >= 15 is 0 Å². The minimum atomic E-state index is -2.62. The molecule has 0 saturated heterocycles. The molecule has 2 aromatic rings. The fourth-order valence-corrected chi connectivity index (χ4v) is 6.59. The van der Waals surface area contributed by atoms with Gasteiger partial charge in [-0.2, -0.15) is 0 Å². The number of hydrogen-bond donors (Lipinski definition) is 6. The van der Waals surface area contributed by atoms with Crippen molar-refractivity contribution in [2.45, 2.75) is 51.8 Å². The summed E-state index contributed by atoms with van der Waals surface area (Å²) in [7, 11) is 1.55.